The molecule has 0 saturated heterocycles. The number of hydrogen-bond acceptors (Lipinski definition) is 5. The summed E-state index contributed by atoms with van der Waals surface area (Å²) < 4.78 is 32.9. The fraction of sp³-hybridized carbons (Fsp3) is 0.375. The van der Waals surface area contributed by atoms with E-state index in [0.29, 0.717) is 28.0 Å². The van der Waals surface area contributed by atoms with Gasteiger partial charge >= 0.3 is 0 Å². The number of carbonyl (C=O) groups is 2. The summed E-state index contributed by atoms with van der Waals surface area (Å²) in [6.07, 6.45) is 5.02. The molecule has 0 bridgehead atoms. The Morgan fingerprint density at radius 1 is 0.953 bits per heavy atom. The van der Waals surface area contributed by atoms with Crippen molar-refractivity contribution in [3.8, 4) is 5.75 Å². The SMILES string of the molecule is CCOc1ccccc1N(CC(=O)N(Cc1c(Cl)cccc1Cl)C(Cc1ccccc1)C(=O)NC1CCCC1)S(C)(=O)=O. The van der Waals surface area contributed by atoms with E-state index in [2.05, 4.69) is 5.32 Å². The number of halogens is 2. The van der Waals surface area contributed by atoms with E-state index in [9.17, 15) is 18.0 Å². The van der Waals surface area contributed by atoms with E-state index in [-0.39, 0.29) is 30.6 Å². The lowest BCUT2D eigenvalue weighted by molar-refractivity contribution is -0.140. The molecule has 1 unspecified atom stereocenters. The molecule has 2 amide bonds. The number of nitrogens with one attached hydrogen (secondary N) is 1. The Morgan fingerprint density at radius 2 is 1.58 bits per heavy atom. The number of rotatable bonds is 13. The summed E-state index contributed by atoms with van der Waals surface area (Å²) in [6, 6.07) is 20.1. The van der Waals surface area contributed by atoms with Crippen LogP contribution in [0, 0.1) is 0 Å². The summed E-state index contributed by atoms with van der Waals surface area (Å²) in [4.78, 5) is 29.7. The zero-order chi connectivity index (χ0) is 31.0. The summed E-state index contributed by atoms with van der Waals surface area (Å²) in [5.41, 5.74) is 1.54. The topological polar surface area (TPSA) is 96.0 Å². The predicted octanol–water partition coefficient (Wildman–Crippen LogP) is 5.86. The van der Waals surface area contributed by atoms with Crippen molar-refractivity contribution >= 4 is 50.7 Å². The number of sulfonamides is 1. The second-order valence-corrected chi connectivity index (χ2v) is 13.3. The minimum atomic E-state index is -3.95. The van der Waals surface area contributed by atoms with Crippen LogP contribution in [0.25, 0.3) is 0 Å². The zero-order valence-electron chi connectivity index (χ0n) is 24.3. The second-order valence-electron chi connectivity index (χ2n) is 10.6. The van der Waals surface area contributed by atoms with Crippen molar-refractivity contribution in [2.75, 3.05) is 23.7 Å². The van der Waals surface area contributed by atoms with Crippen molar-refractivity contribution in [3.05, 3.63) is 94.0 Å². The minimum Gasteiger partial charge on any atom is -0.492 e. The molecule has 11 heteroatoms. The first-order chi connectivity index (χ1) is 20.6. The first-order valence-electron chi connectivity index (χ1n) is 14.3. The predicted molar refractivity (Wildman–Crippen MR) is 171 cm³/mol. The van der Waals surface area contributed by atoms with Crippen molar-refractivity contribution in [1.82, 2.24) is 10.2 Å². The van der Waals surface area contributed by atoms with E-state index < -0.39 is 28.5 Å². The Balaban J connectivity index is 1.78. The van der Waals surface area contributed by atoms with Crippen molar-refractivity contribution in [2.24, 2.45) is 0 Å². The van der Waals surface area contributed by atoms with Gasteiger partial charge in [-0.2, -0.15) is 0 Å². The number of anilines is 1. The number of carbonyl (C=O) groups excluding carboxylic acids is 2. The molecule has 1 fully saturated rings. The average molecular weight is 647 g/mol. The molecule has 0 aliphatic heterocycles. The van der Waals surface area contributed by atoms with Gasteiger partial charge in [0.25, 0.3) is 0 Å². The first kappa shape index (κ1) is 32.6. The van der Waals surface area contributed by atoms with Crippen LogP contribution in [0.3, 0.4) is 0 Å². The lowest BCUT2D eigenvalue weighted by Gasteiger charge is -2.34. The summed E-state index contributed by atoms with van der Waals surface area (Å²) in [5.74, 6) is -0.577. The van der Waals surface area contributed by atoms with Gasteiger partial charge in [-0.3, -0.25) is 13.9 Å². The third kappa shape index (κ3) is 8.65. The smallest absolute Gasteiger partial charge is 0.244 e. The molecule has 4 rings (SSSR count). The molecule has 1 saturated carbocycles. The van der Waals surface area contributed by atoms with Crippen LogP contribution in [0.4, 0.5) is 5.69 Å². The zero-order valence-corrected chi connectivity index (χ0v) is 26.7. The van der Waals surface area contributed by atoms with E-state index in [1.807, 2.05) is 30.3 Å². The number of amides is 2. The first-order valence-corrected chi connectivity index (χ1v) is 16.9. The van der Waals surface area contributed by atoms with Gasteiger partial charge in [-0.25, -0.2) is 8.42 Å². The monoisotopic (exact) mass is 645 g/mol. The van der Waals surface area contributed by atoms with Crippen LogP contribution in [-0.4, -0.2) is 56.6 Å². The molecule has 1 N–H and O–H groups in total. The lowest BCUT2D eigenvalue weighted by atomic mass is 10.0. The van der Waals surface area contributed by atoms with Gasteiger partial charge in [-0.15, -0.1) is 0 Å². The summed E-state index contributed by atoms with van der Waals surface area (Å²) in [5, 5.41) is 3.81. The molecule has 1 aliphatic carbocycles. The molecule has 1 atom stereocenters. The van der Waals surface area contributed by atoms with Gasteiger partial charge in [0.15, 0.2) is 0 Å². The fourth-order valence-corrected chi connectivity index (χ4v) is 6.68. The van der Waals surface area contributed by atoms with Gasteiger partial charge in [0.1, 0.15) is 18.3 Å². The molecule has 43 heavy (non-hydrogen) atoms. The third-order valence-corrected chi connectivity index (χ3v) is 9.31. The molecule has 1 aliphatic rings. The Hall–Kier alpha value is -3.27. The third-order valence-electron chi connectivity index (χ3n) is 7.48. The normalized spacial score (nSPS) is 14.2. The molecular formula is C32H37Cl2N3O5S. The van der Waals surface area contributed by atoms with Gasteiger partial charge in [-0.05, 0) is 49.6 Å². The van der Waals surface area contributed by atoms with Crippen LogP contribution in [-0.2, 0) is 32.6 Å². The van der Waals surface area contributed by atoms with E-state index in [1.165, 1.54) is 4.90 Å². The van der Waals surface area contributed by atoms with Crippen LogP contribution in [0.5, 0.6) is 5.75 Å². The van der Waals surface area contributed by atoms with Gasteiger partial charge in [-0.1, -0.05) is 84.6 Å². The molecule has 0 radical (unpaired) electrons. The largest absolute Gasteiger partial charge is 0.492 e. The van der Waals surface area contributed by atoms with Crippen molar-refractivity contribution in [2.45, 2.75) is 57.7 Å². The van der Waals surface area contributed by atoms with Crippen LogP contribution in [0.2, 0.25) is 10.0 Å². The Labute approximate surface area is 264 Å². The minimum absolute atomic E-state index is 0.0113. The van der Waals surface area contributed by atoms with Crippen molar-refractivity contribution in [1.29, 1.82) is 0 Å². The fourth-order valence-electron chi connectivity index (χ4n) is 5.31. The molecule has 0 spiro atoms. The van der Waals surface area contributed by atoms with Crippen molar-refractivity contribution in [3.63, 3.8) is 0 Å². The number of ether oxygens (including phenoxy) is 1. The van der Waals surface area contributed by atoms with Crippen LogP contribution >= 0.6 is 23.2 Å². The van der Waals surface area contributed by atoms with E-state index in [1.54, 1.807) is 49.4 Å². The van der Waals surface area contributed by atoms with E-state index in [4.69, 9.17) is 27.9 Å². The maximum absolute atomic E-state index is 14.4. The highest BCUT2D eigenvalue weighted by Gasteiger charge is 2.35. The average Bonchev–Trinajstić information content (AvgIpc) is 3.48. The Bertz CT molecular complexity index is 1490. The highest BCUT2D eigenvalue weighted by Crippen LogP contribution is 2.31. The molecule has 0 aromatic heterocycles. The summed E-state index contributed by atoms with van der Waals surface area (Å²) >= 11 is 13.1. The number of benzene rings is 3. The highest BCUT2D eigenvalue weighted by molar-refractivity contribution is 7.92. The molecular weight excluding hydrogens is 609 g/mol. The summed E-state index contributed by atoms with van der Waals surface area (Å²) in [6.45, 7) is 1.43. The van der Waals surface area contributed by atoms with Crippen LogP contribution < -0.4 is 14.4 Å². The van der Waals surface area contributed by atoms with Gasteiger partial charge in [0, 0.05) is 34.6 Å². The molecule has 3 aromatic carbocycles. The lowest BCUT2D eigenvalue weighted by Crippen LogP contribution is -2.54. The molecule has 230 valence electrons. The number of nitrogens with zero attached hydrogens (tertiary/aromatic N) is 2. The highest BCUT2D eigenvalue weighted by atomic mass is 35.5. The Kier molecular flexibility index (Phi) is 11.3. The Morgan fingerprint density at radius 3 is 2.21 bits per heavy atom. The van der Waals surface area contributed by atoms with Gasteiger partial charge in [0.05, 0.1) is 18.6 Å². The van der Waals surface area contributed by atoms with Gasteiger partial charge in [0.2, 0.25) is 21.8 Å². The number of para-hydroxylation sites is 2. The number of hydrogen-bond donors (Lipinski definition) is 1. The molecule has 8 nitrogen and oxygen atoms in total. The second kappa shape index (κ2) is 14.9. The van der Waals surface area contributed by atoms with Crippen LogP contribution in [0.15, 0.2) is 72.8 Å². The maximum Gasteiger partial charge on any atom is 0.244 e. The van der Waals surface area contributed by atoms with Gasteiger partial charge < -0.3 is 15.0 Å². The van der Waals surface area contributed by atoms with E-state index in [0.717, 1.165) is 41.8 Å². The quantitative estimate of drug-likeness (QED) is 0.251. The standard InChI is InChI=1S/C32H37Cl2N3O5S/c1-3-42-30-19-10-9-18-28(30)37(43(2,40)41)22-31(38)36(21-25-26(33)16-11-17-27(25)34)29(20-23-12-5-4-6-13-23)32(39)35-24-14-7-8-15-24/h4-6,9-13,16-19,24,29H,3,7-8,14-15,20-22H2,1-2H3,(H,35,39). The molecule has 0 heterocycles. The molecule has 3 aromatic rings. The van der Waals surface area contributed by atoms with Crippen LogP contribution in [0.1, 0.15) is 43.7 Å². The van der Waals surface area contributed by atoms with E-state index >= 15 is 0 Å². The van der Waals surface area contributed by atoms with Crippen molar-refractivity contribution < 1.29 is 22.7 Å². The summed E-state index contributed by atoms with van der Waals surface area (Å²) in [7, 11) is -3.95. The maximum atomic E-state index is 14.4.